The highest BCUT2D eigenvalue weighted by molar-refractivity contribution is 9.10. The molecule has 0 radical (unpaired) electrons. The van der Waals surface area contributed by atoms with Crippen molar-refractivity contribution in [3.63, 3.8) is 0 Å². The monoisotopic (exact) mass is 314 g/mol. The van der Waals surface area contributed by atoms with Crippen molar-refractivity contribution in [3.05, 3.63) is 28.5 Å². The first-order chi connectivity index (χ1) is 8.28. The normalized spacial score (nSPS) is 24.8. The van der Waals surface area contributed by atoms with Gasteiger partial charge in [-0.1, -0.05) is 6.07 Å². The molecule has 0 saturated heterocycles. The molecular weight excluding hydrogens is 296 g/mol. The smallest absolute Gasteiger partial charge is 0.106 e. The third kappa shape index (κ3) is 4.27. The number of nitrogens with one attached hydrogen (secondary N) is 1. The Morgan fingerprint density at radius 2 is 2.12 bits per heavy atom. The zero-order valence-corrected chi connectivity index (χ0v) is 12.6. The molecule has 1 saturated carbocycles. The molecule has 94 valence electrons. The first-order valence-electron chi connectivity index (χ1n) is 6.15. The van der Waals surface area contributed by atoms with Crippen molar-refractivity contribution < 1.29 is 0 Å². The van der Waals surface area contributed by atoms with Gasteiger partial charge in [0.2, 0.25) is 0 Å². The topological polar surface area (TPSA) is 24.9 Å². The molecule has 2 nitrogen and oxygen atoms in total. The maximum Gasteiger partial charge on any atom is 0.106 e. The van der Waals surface area contributed by atoms with Crippen LogP contribution in [0.5, 0.6) is 0 Å². The number of pyridine rings is 1. The van der Waals surface area contributed by atoms with E-state index >= 15 is 0 Å². The molecule has 0 aromatic carbocycles. The summed E-state index contributed by atoms with van der Waals surface area (Å²) >= 11 is 5.42. The Labute approximate surface area is 116 Å². The lowest BCUT2D eigenvalue weighted by Crippen LogP contribution is -2.33. The minimum absolute atomic E-state index is 0.680. The molecule has 0 spiro atoms. The van der Waals surface area contributed by atoms with E-state index in [2.05, 4.69) is 38.6 Å². The van der Waals surface area contributed by atoms with Gasteiger partial charge in [-0.05, 0) is 60.0 Å². The lowest BCUT2D eigenvalue weighted by molar-refractivity contribution is 0.377. The van der Waals surface area contributed by atoms with E-state index in [1.165, 1.54) is 25.7 Å². The third-order valence-electron chi connectivity index (χ3n) is 3.35. The maximum atomic E-state index is 4.44. The van der Waals surface area contributed by atoms with E-state index in [4.69, 9.17) is 0 Å². The Morgan fingerprint density at radius 3 is 2.76 bits per heavy atom. The van der Waals surface area contributed by atoms with Crippen LogP contribution in [0.1, 0.15) is 31.4 Å². The van der Waals surface area contributed by atoms with Gasteiger partial charge in [0.15, 0.2) is 0 Å². The van der Waals surface area contributed by atoms with Crippen molar-refractivity contribution in [1.29, 1.82) is 0 Å². The average Bonchev–Trinajstić information content (AvgIpc) is 2.37. The second kappa shape index (κ2) is 6.76. The van der Waals surface area contributed by atoms with E-state index in [0.29, 0.717) is 6.04 Å². The third-order valence-corrected chi connectivity index (χ3v) is 4.93. The predicted octanol–water partition coefficient (Wildman–Crippen LogP) is 3.61. The Hall–Kier alpha value is -0.0600. The Balaban J connectivity index is 1.76. The molecular formula is C13H19BrN2S. The van der Waals surface area contributed by atoms with Crippen molar-refractivity contribution in [2.75, 3.05) is 6.26 Å². The summed E-state index contributed by atoms with van der Waals surface area (Å²) in [6, 6.07) is 6.76. The summed E-state index contributed by atoms with van der Waals surface area (Å²) in [6.07, 6.45) is 7.54. The molecule has 2 rings (SSSR count). The molecule has 4 heteroatoms. The Bertz CT molecular complexity index is 351. The summed E-state index contributed by atoms with van der Waals surface area (Å²) in [6.45, 7) is 0.883. The van der Waals surface area contributed by atoms with Crippen LogP contribution >= 0.6 is 27.7 Å². The fourth-order valence-corrected chi connectivity index (χ4v) is 3.42. The van der Waals surface area contributed by atoms with Gasteiger partial charge in [-0.2, -0.15) is 11.8 Å². The molecule has 1 heterocycles. The number of hydrogen-bond donors (Lipinski definition) is 1. The van der Waals surface area contributed by atoms with E-state index in [-0.39, 0.29) is 0 Å². The molecule has 1 aromatic rings. The molecule has 17 heavy (non-hydrogen) atoms. The van der Waals surface area contributed by atoms with E-state index in [9.17, 15) is 0 Å². The van der Waals surface area contributed by atoms with E-state index in [1.807, 2.05) is 23.9 Å². The zero-order chi connectivity index (χ0) is 12.1. The maximum absolute atomic E-state index is 4.44. The van der Waals surface area contributed by atoms with Crippen LogP contribution in [-0.4, -0.2) is 22.5 Å². The summed E-state index contributed by atoms with van der Waals surface area (Å²) in [7, 11) is 0. The first kappa shape index (κ1) is 13.4. The lowest BCUT2D eigenvalue weighted by atomic mass is 9.95. The van der Waals surface area contributed by atoms with Crippen molar-refractivity contribution in [1.82, 2.24) is 10.3 Å². The highest BCUT2D eigenvalue weighted by atomic mass is 79.9. The fraction of sp³-hybridized carbons (Fsp3) is 0.615. The van der Waals surface area contributed by atoms with Gasteiger partial charge in [0.25, 0.3) is 0 Å². The molecule has 1 aromatic heterocycles. The molecule has 0 atom stereocenters. The second-order valence-corrected chi connectivity index (χ2v) is 6.49. The van der Waals surface area contributed by atoms with Crippen molar-refractivity contribution in [2.24, 2.45) is 0 Å². The van der Waals surface area contributed by atoms with Crippen LogP contribution in [0.25, 0.3) is 0 Å². The predicted molar refractivity (Wildman–Crippen MR) is 78.3 cm³/mol. The first-order valence-corrected chi connectivity index (χ1v) is 8.23. The molecule has 0 aliphatic heterocycles. The molecule has 1 aliphatic carbocycles. The number of rotatable bonds is 4. The summed E-state index contributed by atoms with van der Waals surface area (Å²) in [5, 5.41) is 4.50. The SMILES string of the molecule is CSC1CCC(NCc2cccc(Br)n2)CC1. The molecule has 1 aliphatic rings. The van der Waals surface area contributed by atoms with Crippen molar-refractivity contribution in [3.8, 4) is 0 Å². The summed E-state index contributed by atoms with van der Waals surface area (Å²) in [4.78, 5) is 4.44. The van der Waals surface area contributed by atoms with Crippen LogP contribution in [0.3, 0.4) is 0 Å². The largest absolute Gasteiger partial charge is 0.308 e. The zero-order valence-electron chi connectivity index (χ0n) is 10.2. The minimum atomic E-state index is 0.680. The van der Waals surface area contributed by atoms with E-state index < -0.39 is 0 Å². The van der Waals surface area contributed by atoms with Gasteiger partial charge in [0.05, 0.1) is 5.69 Å². The van der Waals surface area contributed by atoms with Crippen LogP contribution in [-0.2, 0) is 6.54 Å². The summed E-state index contributed by atoms with van der Waals surface area (Å²) < 4.78 is 0.919. The van der Waals surface area contributed by atoms with Gasteiger partial charge in [0.1, 0.15) is 4.60 Å². The quantitative estimate of drug-likeness (QED) is 0.859. The highest BCUT2D eigenvalue weighted by Crippen LogP contribution is 2.26. The molecule has 0 unspecified atom stereocenters. The minimum Gasteiger partial charge on any atom is -0.308 e. The van der Waals surface area contributed by atoms with Crippen molar-refractivity contribution >= 4 is 27.7 Å². The standard InChI is InChI=1S/C13H19BrN2S/c1-17-12-7-5-10(6-8-12)15-9-11-3-2-4-13(14)16-11/h2-4,10,12,15H,5-9H2,1H3. The summed E-state index contributed by atoms with van der Waals surface area (Å²) in [5.74, 6) is 0. The lowest BCUT2D eigenvalue weighted by Gasteiger charge is -2.28. The second-order valence-electron chi connectivity index (χ2n) is 4.54. The highest BCUT2D eigenvalue weighted by Gasteiger charge is 2.19. The van der Waals surface area contributed by atoms with Gasteiger partial charge in [0, 0.05) is 17.8 Å². The van der Waals surface area contributed by atoms with Crippen molar-refractivity contribution in [2.45, 2.75) is 43.5 Å². The van der Waals surface area contributed by atoms with Crippen LogP contribution in [0.15, 0.2) is 22.8 Å². The average molecular weight is 315 g/mol. The molecule has 1 fully saturated rings. The Morgan fingerprint density at radius 1 is 1.35 bits per heavy atom. The van der Waals surface area contributed by atoms with Gasteiger partial charge in [-0.3, -0.25) is 0 Å². The molecule has 0 amide bonds. The van der Waals surface area contributed by atoms with Gasteiger partial charge >= 0.3 is 0 Å². The fourth-order valence-electron chi connectivity index (χ4n) is 2.30. The van der Waals surface area contributed by atoms with Gasteiger partial charge < -0.3 is 5.32 Å². The summed E-state index contributed by atoms with van der Waals surface area (Å²) in [5.41, 5.74) is 1.12. The number of thioether (sulfide) groups is 1. The van der Waals surface area contributed by atoms with Crippen LogP contribution < -0.4 is 5.32 Å². The van der Waals surface area contributed by atoms with E-state index in [0.717, 1.165) is 22.1 Å². The molecule has 0 bridgehead atoms. The van der Waals surface area contributed by atoms with Crippen LogP contribution in [0, 0.1) is 0 Å². The number of halogens is 1. The van der Waals surface area contributed by atoms with Crippen LogP contribution in [0.2, 0.25) is 0 Å². The van der Waals surface area contributed by atoms with Gasteiger partial charge in [-0.15, -0.1) is 0 Å². The van der Waals surface area contributed by atoms with Gasteiger partial charge in [-0.25, -0.2) is 4.98 Å². The number of nitrogens with zero attached hydrogens (tertiary/aromatic N) is 1. The number of hydrogen-bond acceptors (Lipinski definition) is 3. The Kier molecular flexibility index (Phi) is 5.32. The van der Waals surface area contributed by atoms with E-state index in [1.54, 1.807) is 0 Å². The number of aromatic nitrogens is 1. The molecule has 1 N–H and O–H groups in total. The van der Waals surface area contributed by atoms with Crippen LogP contribution in [0.4, 0.5) is 0 Å².